The maximum atomic E-state index is 12.0. The Labute approximate surface area is 170 Å². The van der Waals surface area contributed by atoms with E-state index in [1.165, 1.54) is 4.90 Å². The fourth-order valence-corrected chi connectivity index (χ4v) is 2.07. The van der Waals surface area contributed by atoms with Gasteiger partial charge >= 0.3 is 6.09 Å². The molecule has 0 fully saturated rings. The largest absolute Gasteiger partial charge is 0.444 e. The molecule has 0 aromatic heterocycles. The lowest BCUT2D eigenvalue weighted by molar-refractivity contribution is -0.127. The van der Waals surface area contributed by atoms with Crippen molar-refractivity contribution in [1.82, 2.24) is 20.9 Å². The van der Waals surface area contributed by atoms with Crippen LogP contribution in [-0.4, -0.2) is 68.2 Å². The van der Waals surface area contributed by atoms with Crippen molar-refractivity contribution in [2.24, 2.45) is 4.99 Å². The smallest absolute Gasteiger partial charge is 0.407 e. The fraction of sp³-hybridized carbons (Fsp3) is 0.750. The van der Waals surface area contributed by atoms with Gasteiger partial charge in [-0.05, 0) is 34.1 Å². The van der Waals surface area contributed by atoms with Crippen LogP contribution in [0.1, 0.15) is 53.9 Å². The molecule has 2 amide bonds. The van der Waals surface area contributed by atoms with Crippen LogP contribution in [0.25, 0.3) is 0 Å². The Kier molecular flexibility index (Phi) is 12.0. The molecule has 0 rings (SSSR count). The molecule has 0 saturated heterocycles. The second-order valence-corrected chi connectivity index (χ2v) is 8.13. The predicted octanol–water partition coefficient (Wildman–Crippen LogP) is 2.27. The van der Waals surface area contributed by atoms with Gasteiger partial charge in [-0.15, -0.1) is 0 Å². The Balaban J connectivity index is 5.02. The number of carbonyl (C=O) groups is 2. The van der Waals surface area contributed by atoms with Gasteiger partial charge in [-0.1, -0.05) is 31.9 Å². The third kappa shape index (κ3) is 13.9. The summed E-state index contributed by atoms with van der Waals surface area (Å²) in [5, 5.41) is 9.29. The maximum absolute atomic E-state index is 12.0. The number of ether oxygens (including phenoxy) is 1. The lowest BCUT2D eigenvalue weighted by Crippen LogP contribution is -2.49. The number of hydrogen-bond donors (Lipinski definition) is 3. The van der Waals surface area contributed by atoms with Crippen molar-refractivity contribution in [3.8, 4) is 0 Å². The van der Waals surface area contributed by atoms with Crippen molar-refractivity contribution >= 4 is 18.0 Å². The van der Waals surface area contributed by atoms with Crippen molar-refractivity contribution in [2.75, 3.05) is 33.7 Å². The van der Waals surface area contributed by atoms with Gasteiger partial charge in [0.2, 0.25) is 5.91 Å². The monoisotopic (exact) mass is 397 g/mol. The van der Waals surface area contributed by atoms with Gasteiger partial charge in [0.05, 0.1) is 0 Å². The van der Waals surface area contributed by atoms with Crippen molar-refractivity contribution in [2.45, 2.75) is 65.5 Å². The topological polar surface area (TPSA) is 95.1 Å². The van der Waals surface area contributed by atoms with Crippen LogP contribution in [0.4, 0.5) is 4.79 Å². The van der Waals surface area contributed by atoms with Crippen molar-refractivity contribution in [3.63, 3.8) is 0 Å². The third-order valence-electron chi connectivity index (χ3n) is 3.57. The second kappa shape index (κ2) is 13.0. The summed E-state index contributed by atoms with van der Waals surface area (Å²) in [7, 11) is 3.39. The van der Waals surface area contributed by atoms with Gasteiger partial charge in [-0.2, -0.15) is 0 Å². The first-order valence-electron chi connectivity index (χ1n) is 9.80. The number of likely N-dealkylation sites (N-methyl/N-ethyl adjacent to an activating group) is 1. The first-order chi connectivity index (χ1) is 12.9. The van der Waals surface area contributed by atoms with E-state index in [9.17, 15) is 9.59 Å². The molecule has 0 aromatic carbocycles. The molecule has 0 aliphatic rings. The normalized spacial score (nSPS) is 12.8. The van der Waals surface area contributed by atoms with E-state index >= 15 is 0 Å². The molecule has 1 unspecified atom stereocenters. The van der Waals surface area contributed by atoms with Crippen LogP contribution < -0.4 is 16.0 Å². The fourth-order valence-electron chi connectivity index (χ4n) is 2.07. The Morgan fingerprint density at radius 2 is 1.86 bits per heavy atom. The number of amides is 2. The van der Waals surface area contributed by atoms with Crippen LogP contribution in [0.3, 0.4) is 0 Å². The number of alkyl carbamates (subject to hydrolysis) is 1. The summed E-state index contributed by atoms with van der Waals surface area (Å²) >= 11 is 0. The lowest BCUT2D eigenvalue weighted by Gasteiger charge is -2.24. The zero-order valence-electron chi connectivity index (χ0n) is 18.6. The highest BCUT2D eigenvalue weighted by Gasteiger charge is 2.18. The quantitative estimate of drug-likeness (QED) is 0.299. The van der Waals surface area contributed by atoms with Gasteiger partial charge in [0, 0.05) is 33.2 Å². The first kappa shape index (κ1) is 25.8. The molecule has 0 radical (unpaired) electrons. The standard InChI is InChI=1S/C20H39N5O3/c1-9-10-11-16(13-23-19(27)28-20(4,5)6)24-18(21-12-15(2)3)22-14-17(26)25(7)8/h16H,2,9-14H2,1,3-8H3,(H,23,27)(H2,21,22,24). The Bertz CT molecular complexity index is 538. The lowest BCUT2D eigenvalue weighted by atomic mass is 10.1. The average Bonchev–Trinajstić information content (AvgIpc) is 2.57. The van der Waals surface area contributed by atoms with Crippen LogP contribution in [0.5, 0.6) is 0 Å². The van der Waals surface area contributed by atoms with Gasteiger partial charge < -0.3 is 25.6 Å². The highest BCUT2D eigenvalue weighted by Crippen LogP contribution is 2.07. The number of rotatable bonds is 10. The zero-order chi connectivity index (χ0) is 21.7. The molecule has 8 heteroatoms. The Morgan fingerprint density at radius 1 is 1.21 bits per heavy atom. The predicted molar refractivity (Wildman–Crippen MR) is 114 cm³/mol. The van der Waals surface area contributed by atoms with Crippen molar-refractivity contribution in [3.05, 3.63) is 12.2 Å². The average molecular weight is 398 g/mol. The Hall–Kier alpha value is -2.25. The van der Waals surface area contributed by atoms with E-state index in [0.717, 1.165) is 24.8 Å². The first-order valence-corrected chi connectivity index (χ1v) is 9.80. The maximum Gasteiger partial charge on any atom is 0.407 e. The zero-order valence-corrected chi connectivity index (χ0v) is 18.6. The van der Waals surface area contributed by atoms with Gasteiger partial charge in [0.15, 0.2) is 5.96 Å². The van der Waals surface area contributed by atoms with Gasteiger partial charge in [-0.3, -0.25) is 4.79 Å². The summed E-state index contributed by atoms with van der Waals surface area (Å²) < 4.78 is 5.30. The molecule has 0 aromatic rings. The van der Waals surface area contributed by atoms with Crippen LogP contribution in [-0.2, 0) is 9.53 Å². The number of unbranched alkanes of at least 4 members (excludes halogenated alkanes) is 1. The molecule has 3 N–H and O–H groups in total. The van der Waals surface area contributed by atoms with E-state index in [0.29, 0.717) is 19.0 Å². The molecule has 0 saturated carbocycles. The molecule has 28 heavy (non-hydrogen) atoms. The molecule has 0 bridgehead atoms. The molecule has 1 atom stereocenters. The van der Waals surface area contributed by atoms with Crippen LogP contribution in [0.2, 0.25) is 0 Å². The molecule has 162 valence electrons. The molecule has 0 spiro atoms. The number of aliphatic imine (C=N–C) groups is 1. The van der Waals surface area contributed by atoms with Crippen molar-refractivity contribution < 1.29 is 14.3 Å². The Morgan fingerprint density at radius 3 is 2.36 bits per heavy atom. The molecular formula is C20H39N5O3. The summed E-state index contributed by atoms with van der Waals surface area (Å²) in [5.74, 6) is 0.429. The SMILES string of the molecule is C=C(C)CNC(=NCC(=O)N(C)C)NC(CCCC)CNC(=O)OC(C)(C)C. The number of nitrogens with zero attached hydrogens (tertiary/aromatic N) is 2. The minimum Gasteiger partial charge on any atom is -0.444 e. The molecule has 0 aliphatic heterocycles. The molecular weight excluding hydrogens is 358 g/mol. The summed E-state index contributed by atoms with van der Waals surface area (Å²) in [5.41, 5.74) is 0.406. The number of nitrogens with one attached hydrogen (secondary N) is 3. The minimum absolute atomic E-state index is 0.0402. The number of carbonyl (C=O) groups excluding carboxylic acids is 2. The van der Waals surface area contributed by atoms with Gasteiger partial charge in [0.1, 0.15) is 12.1 Å². The number of hydrogen-bond acceptors (Lipinski definition) is 4. The van der Waals surface area contributed by atoms with Crippen LogP contribution in [0, 0.1) is 0 Å². The highest BCUT2D eigenvalue weighted by molar-refractivity contribution is 5.85. The minimum atomic E-state index is -0.543. The summed E-state index contributed by atoms with van der Waals surface area (Å²) in [6.07, 6.45) is 2.43. The molecule has 0 aliphatic carbocycles. The van der Waals surface area contributed by atoms with Gasteiger partial charge in [0.25, 0.3) is 0 Å². The molecule has 8 nitrogen and oxygen atoms in total. The third-order valence-corrected chi connectivity index (χ3v) is 3.57. The van der Waals surface area contributed by atoms with Gasteiger partial charge in [-0.25, -0.2) is 9.79 Å². The summed E-state index contributed by atoms with van der Waals surface area (Å²) in [6, 6.07) is -0.0432. The van der Waals surface area contributed by atoms with E-state index in [2.05, 4.69) is 34.4 Å². The van der Waals surface area contributed by atoms with Crippen LogP contribution in [0.15, 0.2) is 17.1 Å². The second-order valence-electron chi connectivity index (χ2n) is 8.13. The van der Waals surface area contributed by atoms with E-state index in [1.807, 2.05) is 27.7 Å². The van der Waals surface area contributed by atoms with Crippen LogP contribution >= 0.6 is 0 Å². The molecule has 0 heterocycles. The van der Waals surface area contributed by atoms with E-state index in [4.69, 9.17) is 4.74 Å². The summed E-state index contributed by atoms with van der Waals surface area (Å²) in [4.78, 5) is 29.7. The van der Waals surface area contributed by atoms with E-state index in [1.54, 1.807) is 14.1 Å². The van der Waals surface area contributed by atoms with E-state index < -0.39 is 11.7 Å². The van der Waals surface area contributed by atoms with E-state index in [-0.39, 0.29) is 18.5 Å². The highest BCUT2D eigenvalue weighted by atomic mass is 16.6. The van der Waals surface area contributed by atoms with Crippen molar-refractivity contribution in [1.29, 1.82) is 0 Å². The number of guanidine groups is 1. The summed E-state index contributed by atoms with van der Waals surface area (Å²) in [6.45, 7) is 14.4.